The Morgan fingerprint density at radius 1 is 1.03 bits per heavy atom. The van der Waals surface area contributed by atoms with Gasteiger partial charge >= 0.3 is 0 Å². The highest BCUT2D eigenvalue weighted by atomic mass is 79.9. The normalized spacial score (nSPS) is 18.7. The van der Waals surface area contributed by atoms with Gasteiger partial charge in [0, 0.05) is 22.3 Å². The van der Waals surface area contributed by atoms with Gasteiger partial charge in [-0.1, -0.05) is 54.6 Å². The van der Waals surface area contributed by atoms with Crippen molar-refractivity contribution in [1.82, 2.24) is 9.29 Å². The van der Waals surface area contributed by atoms with E-state index in [0.29, 0.717) is 19.3 Å². The first kappa shape index (κ1) is 21.0. The number of halogens is 1. The SMILES string of the molecule is CS(=O)(=O)N[C@H]1CCc2c(Br)ccc(=O)n2[C@H]1Cc1cccc(-c2ccccc2)c1. The molecule has 1 N–H and O–H groups in total. The third kappa shape index (κ3) is 4.58. The first-order chi connectivity index (χ1) is 14.3. The molecule has 0 radical (unpaired) electrons. The van der Waals surface area contributed by atoms with Crippen LogP contribution in [0.4, 0.5) is 0 Å². The van der Waals surface area contributed by atoms with E-state index in [4.69, 9.17) is 0 Å². The molecule has 0 saturated carbocycles. The smallest absolute Gasteiger partial charge is 0.251 e. The van der Waals surface area contributed by atoms with Crippen molar-refractivity contribution in [3.8, 4) is 11.1 Å². The lowest BCUT2D eigenvalue weighted by Crippen LogP contribution is -2.48. The lowest BCUT2D eigenvalue weighted by molar-refractivity contribution is 0.314. The Hall–Kier alpha value is -2.22. The van der Waals surface area contributed by atoms with Crippen molar-refractivity contribution in [3.63, 3.8) is 0 Å². The molecule has 2 aromatic carbocycles. The van der Waals surface area contributed by atoms with E-state index in [1.807, 2.05) is 30.3 Å². The van der Waals surface area contributed by atoms with Crippen LogP contribution in [0.3, 0.4) is 0 Å². The maximum Gasteiger partial charge on any atom is 0.251 e. The minimum absolute atomic E-state index is 0.114. The summed E-state index contributed by atoms with van der Waals surface area (Å²) in [6.07, 6.45) is 2.99. The highest BCUT2D eigenvalue weighted by molar-refractivity contribution is 9.10. The summed E-state index contributed by atoms with van der Waals surface area (Å²) in [7, 11) is -3.40. The van der Waals surface area contributed by atoms with Gasteiger partial charge in [0.1, 0.15) is 0 Å². The average molecular weight is 487 g/mol. The fourth-order valence-corrected chi connectivity index (χ4v) is 5.58. The zero-order valence-corrected chi connectivity index (χ0v) is 19.0. The van der Waals surface area contributed by atoms with E-state index in [1.54, 1.807) is 10.6 Å². The standard InChI is InChI=1S/C23H23BrN2O3S/c1-30(28,29)25-20-11-12-21-19(24)10-13-23(27)26(21)22(20)15-16-6-5-9-18(14-16)17-7-3-2-4-8-17/h2-10,13-14,20,22,25H,11-12,15H2,1H3/t20-,22-/m0/s1. The quantitative estimate of drug-likeness (QED) is 0.593. The predicted octanol–water partition coefficient (Wildman–Crippen LogP) is 3.93. The Morgan fingerprint density at radius 2 is 1.77 bits per heavy atom. The first-order valence-corrected chi connectivity index (χ1v) is 12.5. The second-order valence-electron chi connectivity index (χ2n) is 7.71. The summed E-state index contributed by atoms with van der Waals surface area (Å²) >= 11 is 3.55. The van der Waals surface area contributed by atoms with E-state index in [9.17, 15) is 13.2 Å². The molecule has 156 valence electrons. The molecule has 2 heterocycles. The second-order valence-corrected chi connectivity index (χ2v) is 10.3. The predicted molar refractivity (Wildman–Crippen MR) is 123 cm³/mol. The number of sulfonamides is 1. The van der Waals surface area contributed by atoms with Gasteiger partial charge < -0.3 is 4.57 Å². The lowest BCUT2D eigenvalue weighted by atomic mass is 9.90. The van der Waals surface area contributed by atoms with Crippen LogP contribution in [0, 0.1) is 0 Å². The van der Waals surface area contributed by atoms with Crippen LogP contribution in [0.15, 0.2) is 76.0 Å². The van der Waals surface area contributed by atoms with Crippen LogP contribution < -0.4 is 10.3 Å². The molecular weight excluding hydrogens is 464 g/mol. The number of pyridine rings is 1. The van der Waals surface area contributed by atoms with E-state index >= 15 is 0 Å². The van der Waals surface area contributed by atoms with E-state index < -0.39 is 10.0 Å². The van der Waals surface area contributed by atoms with Gasteiger partial charge in [0.15, 0.2) is 0 Å². The number of nitrogens with zero attached hydrogens (tertiary/aromatic N) is 1. The van der Waals surface area contributed by atoms with Gasteiger partial charge in [-0.25, -0.2) is 13.1 Å². The molecule has 4 rings (SSSR count). The highest BCUT2D eigenvalue weighted by Crippen LogP contribution is 2.31. The molecule has 1 aliphatic heterocycles. The summed E-state index contributed by atoms with van der Waals surface area (Å²) in [5.41, 5.74) is 4.07. The highest BCUT2D eigenvalue weighted by Gasteiger charge is 2.33. The number of nitrogens with one attached hydrogen (secondary N) is 1. The molecule has 0 aliphatic carbocycles. The van der Waals surface area contributed by atoms with Crippen LogP contribution >= 0.6 is 15.9 Å². The lowest BCUT2D eigenvalue weighted by Gasteiger charge is -2.36. The number of benzene rings is 2. The maximum atomic E-state index is 12.8. The number of hydrogen-bond acceptors (Lipinski definition) is 3. The van der Waals surface area contributed by atoms with Crippen LogP contribution in [0.25, 0.3) is 11.1 Å². The van der Waals surface area contributed by atoms with E-state index in [2.05, 4.69) is 44.9 Å². The van der Waals surface area contributed by atoms with Crippen molar-refractivity contribution >= 4 is 26.0 Å². The molecule has 5 nitrogen and oxygen atoms in total. The summed E-state index contributed by atoms with van der Waals surface area (Å²) in [4.78, 5) is 12.8. The van der Waals surface area contributed by atoms with E-state index in [-0.39, 0.29) is 17.6 Å². The molecule has 3 aromatic rings. The number of hydrogen-bond donors (Lipinski definition) is 1. The third-order valence-corrected chi connectivity index (χ3v) is 6.96. The van der Waals surface area contributed by atoms with Crippen LogP contribution in [0.5, 0.6) is 0 Å². The molecule has 30 heavy (non-hydrogen) atoms. The molecule has 7 heteroatoms. The zero-order valence-electron chi connectivity index (χ0n) is 16.6. The Morgan fingerprint density at radius 3 is 2.50 bits per heavy atom. The van der Waals surface area contributed by atoms with Gasteiger partial charge in [-0.3, -0.25) is 4.79 Å². The summed E-state index contributed by atoms with van der Waals surface area (Å²) in [5, 5.41) is 0. The fourth-order valence-electron chi connectivity index (χ4n) is 4.23. The van der Waals surface area contributed by atoms with Gasteiger partial charge in [0.05, 0.1) is 12.3 Å². The molecule has 0 fully saturated rings. The van der Waals surface area contributed by atoms with Gasteiger partial charge in [-0.05, 0) is 57.9 Å². The summed E-state index contributed by atoms with van der Waals surface area (Å²) in [6, 6.07) is 21.0. The molecule has 0 bridgehead atoms. The fraction of sp³-hybridized carbons (Fsp3) is 0.261. The van der Waals surface area contributed by atoms with Gasteiger partial charge in [-0.15, -0.1) is 0 Å². The largest absolute Gasteiger partial charge is 0.307 e. The molecule has 0 saturated heterocycles. The van der Waals surface area contributed by atoms with Crippen molar-refractivity contribution in [2.24, 2.45) is 0 Å². The van der Waals surface area contributed by atoms with E-state index in [0.717, 1.165) is 26.9 Å². The van der Waals surface area contributed by atoms with Crippen molar-refractivity contribution in [1.29, 1.82) is 0 Å². The van der Waals surface area contributed by atoms with Crippen molar-refractivity contribution in [3.05, 3.63) is 92.8 Å². The molecule has 0 unspecified atom stereocenters. The number of rotatable bonds is 5. The molecule has 0 spiro atoms. The molecule has 0 amide bonds. The first-order valence-electron chi connectivity index (χ1n) is 9.83. The van der Waals surface area contributed by atoms with Crippen LogP contribution in [-0.4, -0.2) is 25.3 Å². The Labute approximate surface area is 184 Å². The molecule has 1 aliphatic rings. The number of aromatic nitrogens is 1. The Kier molecular flexibility index (Phi) is 5.95. The van der Waals surface area contributed by atoms with Crippen LogP contribution in [0.2, 0.25) is 0 Å². The van der Waals surface area contributed by atoms with Crippen molar-refractivity contribution < 1.29 is 8.42 Å². The summed E-state index contributed by atoms with van der Waals surface area (Å²) in [6.45, 7) is 0. The van der Waals surface area contributed by atoms with Crippen molar-refractivity contribution in [2.45, 2.75) is 31.3 Å². The zero-order chi connectivity index (χ0) is 21.3. The topological polar surface area (TPSA) is 68.2 Å². The minimum Gasteiger partial charge on any atom is -0.307 e. The Bertz CT molecular complexity index is 1220. The average Bonchev–Trinajstić information content (AvgIpc) is 2.72. The van der Waals surface area contributed by atoms with Crippen LogP contribution in [0.1, 0.15) is 23.7 Å². The van der Waals surface area contributed by atoms with Gasteiger partial charge in [0.25, 0.3) is 5.56 Å². The van der Waals surface area contributed by atoms with E-state index in [1.165, 1.54) is 12.3 Å². The van der Waals surface area contributed by atoms with Gasteiger partial charge in [-0.2, -0.15) is 0 Å². The summed E-state index contributed by atoms with van der Waals surface area (Å²) < 4.78 is 29.4. The van der Waals surface area contributed by atoms with Gasteiger partial charge in [0.2, 0.25) is 10.0 Å². The third-order valence-electron chi connectivity index (χ3n) is 5.51. The molecular formula is C23H23BrN2O3S. The minimum atomic E-state index is -3.40. The second kappa shape index (κ2) is 8.49. The summed E-state index contributed by atoms with van der Waals surface area (Å²) in [5.74, 6) is 0. The maximum absolute atomic E-state index is 12.8. The van der Waals surface area contributed by atoms with Crippen LogP contribution in [-0.2, 0) is 22.9 Å². The Balaban J connectivity index is 1.75. The van der Waals surface area contributed by atoms with Crippen molar-refractivity contribution in [2.75, 3.05) is 6.26 Å². The molecule has 2 atom stereocenters. The molecule has 1 aromatic heterocycles. The monoisotopic (exact) mass is 486 g/mol. The number of fused-ring (bicyclic) bond motifs is 1.